The largest absolute Gasteiger partial charge is 0.472 e. The molecule has 0 amide bonds. The van der Waals surface area contributed by atoms with E-state index >= 15 is 0 Å². The number of pyridine rings is 1. The van der Waals surface area contributed by atoms with Crippen molar-refractivity contribution in [1.29, 1.82) is 0 Å². The third kappa shape index (κ3) is 2.69. The van der Waals surface area contributed by atoms with E-state index in [0.29, 0.717) is 0 Å². The smallest absolute Gasteiger partial charge is 0.137 e. The molecule has 0 aliphatic rings. The molecule has 98 valence electrons. The summed E-state index contributed by atoms with van der Waals surface area (Å²) < 4.78 is 7.17. The maximum absolute atomic E-state index is 5.04. The zero-order chi connectivity index (χ0) is 13.1. The van der Waals surface area contributed by atoms with Crippen LogP contribution in [-0.4, -0.2) is 15.9 Å². The Kier molecular flexibility index (Phi) is 3.33. The van der Waals surface area contributed by atoms with E-state index in [2.05, 4.69) is 40.0 Å². The van der Waals surface area contributed by atoms with Gasteiger partial charge in [-0.2, -0.15) is 0 Å². The van der Waals surface area contributed by atoms with E-state index in [-0.39, 0.29) is 0 Å². The lowest BCUT2D eigenvalue weighted by Gasteiger charge is -2.04. The number of hydrogen-bond donors (Lipinski definition) is 1. The van der Waals surface area contributed by atoms with Gasteiger partial charge in [0.05, 0.1) is 24.4 Å². The molecular formula is C15H17N3O. The number of nitrogens with one attached hydrogen (secondary N) is 1. The molecule has 0 saturated heterocycles. The number of rotatable bonds is 5. The highest BCUT2D eigenvalue weighted by atomic mass is 16.3. The van der Waals surface area contributed by atoms with Gasteiger partial charge in [0.1, 0.15) is 5.65 Å². The van der Waals surface area contributed by atoms with E-state index in [4.69, 9.17) is 4.42 Å². The number of imidazole rings is 1. The molecule has 19 heavy (non-hydrogen) atoms. The fourth-order valence-corrected chi connectivity index (χ4v) is 2.15. The fraction of sp³-hybridized carbons (Fsp3) is 0.267. The molecule has 0 atom stereocenters. The Balaban J connectivity index is 1.59. The zero-order valence-electron chi connectivity index (χ0n) is 11.0. The number of nitrogens with zero attached hydrogens (tertiary/aromatic N) is 2. The van der Waals surface area contributed by atoms with Gasteiger partial charge in [-0.15, -0.1) is 0 Å². The highest BCUT2D eigenvalue weighted by Crippen LogP contribution is 2.08. The van der Waals surface area contributed by atoms with Gasteiger partial charge in [0.15, 0.2) is 0 Å². The molecule has 3 rings (SSSR count). The van der Waals surface area contributed by atoms with Crippen molar-refractivity contribution in [3.05, 3.63) is 59.9 Å². The number of fused-ring (bicyclic) bond motifs is 1. The van der Waals surface area contributed by atoms with Crippen LogP contribution in [0.3, 0.4) is 0 Å². The first kappa shape index (κ1) is 12.0. The summed E-state index contributed by atoms with van der Waals surface area (Å²) in [5, 5.41) is 3.43. The first-order chi connectivity index (χ1) is 9.33. The second-order valence-electron chi connectivity index (χ2n) is 4.74. The second-order valence-corrected chi connectivity index (χ2v) is 4.74. The van der Waals surface area contributed by atoms with Crippen LogP contribution in [-0.2, 0) is 13.0 Å². The molecule has 0 fully saturated rings. The Morgan fingerprint density at radius 2 is 2.32 bits per heavy atom. The Bertz CT molecular complexity index is 655. The van der Waals surface area contributed by atoms with Crippen LogP contribution >= 0.6 is 0 Å². The maximum Gasteiger partial charge on any atom is 0.137 e. The van der Waals surface area contributed by atoms with Crippen molar-refractivity contribution in [2.24, 2.45) is 0 Å². The summed E-state index contributed by atoms with van der Waals surface area (Å²) in [6, 6.07) is 6.19. The normalized spacial score (nSPS) is 11.2. The molecule has 0 unspecified atom stereocenters. The molecule has 0 aromatic carbocycles. The van der Waals surface area contributed by atoms with Crippen LogP contribution in [0, 0.1) is 6.92 Å². The van der Waals surface area contributed by atoms with E-state index in [1.54, 1.807) is 12.5 Å². The van der Waals surface area contributed by atoms with Crippen LogP contribution < -0.4 is 5.32 Å². The quantitative estimate of drug-likeness (QED) is 0.712. The number of furan rings is 1. The predicted molar refractivity (Wildman–Crippen MR) is 74.0 cm³/mol. The van der Waals surface area contributed by atoms with Gasteiger partial charge in [-0.3, -0.25) is 0 Å². The summed E-state index contributed by atoms with van der Waals surface area (Å²) >= 11 is 0. The lowest BCUT2D eigenvalue weighted by Crippen LogP contribution is -2.17. The van der Waals surface area contributed by atoms with Gasteiger partial charge in [-0.05, 0) is 49.2 Å². The van der Waals surface area contributed by atoms with Crippen molar-refractivity contribution in [2.75, 3.05) is 6.54 Å². The average Bonchev–Trinajstić information content (AvgIpc) is 3.03. The predicted octanol–water partition coefficient (Wildman–Crippen LogP) is 2.57. The molecule has 0 spiro atoms. The van der Waals surface area contributed by atoms with Crippen LogP contribution in [0.25, 0.3) is 5.65 Å². The van der Waals surface area contributed by atoms with Crippen molar-refractivity contribution >= 4 is 5.65 Å². The summed E-state index contributed by atoms with van der Waals surface area (Å²) in [6.07, 6.45) is 8.48. The van der Waals surface area contributed by atoms with Crippen molar-refractivity contribution in [1.82, 2.24) is 14.7 Å². The lowest BCUT2D eigenvalue weighted by atomic mass is 10.2. The van der Waals surface area contributed by atoms with Gasteiger partial charge >= 0.3 is 0 Å². The van der Waals surface area contributed by atoms with Gasteiger partial charge in [-0.1, -0.05) is 0 Å². The SMILES string of the molecule is Cc1ccn2c(CNCCc3ccoc3)cnc2c1. The van der Waals surface area contributed by atoms with Crippen LogP contribution in [0.4, 0.5) is 0 Å². The van der Waals surface area contributed by atoms with Crippen molar-refractivity contribution in [2.45, 2.75) is 19.9 Å². The van der Waals surface area contributed by atoms with Crippen LogP contribution in [0.5, 0.6) is 0 Å². The summed E-state index contributed by atoms with van der Waals surface area (Å²) in [5.74, 6) is 0. The minimum atomic E-state index is 0.822. The molecule has 3 heterocycles. The van der Waals surface area contributed by atoms with Gasteiger partial charge < -0.3 is 14.1 Å². The standard InChI is InChI=1S/C15H17N3O/c1-12-3-6-18-14(10-17-15(18)8-12)9-16-5-2-13-4-7-19-11-13/h3-4,6-8,10-11,16H,2,5,9H2,1H3. The highest BCUT2D eigenvalue weighted by Gasteiger charge is 2.02. The third-order valence-corrected chi connectivity index (χ3v) is 3.22. The molecule has 1 N–H and O–H groups in total. The monoisotopic (exact) mass is 255 g/mol. The van der Waals surface area contributed by atoms with Crippen LogP contribution in [0.15, 0.2) is 47.5 Å². The topological polar surface area (TPSA) is 42.5 Å². The fourth-order valence-electron chi connectivity index (χ4n) is 2.15. The summed E-state index contributed by atoms with van der Waals surface area (Å²) in [6.45, 7) is 3.83. The minimum Gasteiger partial charge on any atom is -0.472 e. The van der Waals surface area contributed by atoms with Gasteiger partial charge in [0.2, 0.25) is 0 Å². The minimum absolute atomic E-state index is 0.822. The molecule has 0 aliphatic heterocycles. The first-order valence-electron chi connectivity index (χ1n) is 6.47. The van der Waals surface area contributed by atoms with E-state index < -0.39 is 0 Å². The number of hydrogen-bond acceptors (Lipinski definition) is 3. The Morgan fingerprint density at radius 1 is 1.37 bits per heavy atom. The number of aryl methyl sites for hydroxylation is 1. The Labute approximate surface area is 112 Å². The van der Waals surface area contributed by atoms with Gasteiger partial charge in [0, 0.05) is 12.7 Å². The molecule has 4 heteroatoms. The molecule has 0 bridgehead atoms. The van der Waals surface area contributed by atoms with Gasteiger partial charge in [-0.25, -0.2) is 4.98 Å². The average molecular weight is 255 g/mol. The Hall–Kier alpha value is -2.07. The highest BCUT2D eigenvalue weighted by molar-refractivity contribution is 5.42. The summed E-state index contributed by atoms with van der Waals surface area (Å²) in [4.78, 5) is 4.42. The first-order valence-corrected chi connectivity index (χ1v) is 6.47. The molecular weight excluding hydrogens is 238 g/mol. The zero-order valence-corrected chi connectivity index (χ0v) is 11.0. The summed E-state index contributed by atoms with van der Waals surface area (Å²) in [7, 11) is 0. The molecule has 0 saturated carbocycles. The van der Waals surface area contributed by atoms with Crippen LogP contribution in [0.2, 0.25) is 0 Å². The lowest BCUT2D eigenvalue weighted by molar-refractivity contribution is 0.562. The molecule has 3 aromatic heterocycles. The maximum atomic E-state index is 5.04. The molecule has 3 aromatic rings. The molecule has 0 radical (unpaired) electrons. The van der Waals surface area contributed by atoms with E-state index in [0.717, 1.165) is 25.2 Å². The Morgan fingerprint density at radius 3 is 3.16 bits per heavy atom. The second kappa shape index (κ2) is 5.28. The molecule has 4 nitrogen and oxygen atoms in total. The van der Waals surface area contributed by atoms with Crippen molar-refractivity contribution in [3.63, 3.8) is 0 Å². The van der Waals surface area contributed by atoms with E-state index in [1.807, 2.05) is 12.3 Å². The molecule has 0 aliphatic carbocycles. The number of aromatic nitrogens is 2. The van der Waals surface area contributed by atoms with Gasteiger partial charge in [0.25, 0.3) is 0 Å². The summed E-state index contributed by atoms with van der Waals surface area (Å²) in [5.41, 5.74) is 4.65. The third-order valence-electron chi connectivity index (χ3n) is 3.22. The van der Waals surface area contributed by atoms with Crippen LogP contribution in [0.1, 0.15) is 16.8 Å². The van der Waals surface area contributed by atoms with Crippen molar-refractivity contribution < 1.29 is 4.42 Å². The van der Waals surface area contributed by atoms with E-state index in [9.17, 15) is 0 Å². The van der Waals surface area contributed by atoms with E-state index in [1.165, 1.54) is 16.8 Å². The van der Waals surface area contributed by atoms with Crippen molar-refractivity contribution in [3.8, 4) is 0 Å².